The molecule has 1 heterocycles. The average Bonchev–Trinajstić information content (AvgIpc) is 2.53. The number of nitrogens with two attached hydrogens (primary N) is 1. The molecule has 1 aromatic rings. The van der Waals surface area contributed by atoms with E-state index in [1.807, 2.05) is 30.3 Å². The van der Waals surface area contributed by atoms with E-state index in [4.69, 9.17) is 10.8 Å². The van der Waals surface area contributed by atoms with E-state index < -0.39 is 0 Å². The quantitative estimate of drug-likeness (QED) is 0.358. The molecule has 2 aliphatic rings. The van der Waals surface area contributed by atoms with Crippen LogP contribution in [0, 0.1) is 5.92 Å². The van der Waals surface area contributed by atoms with E-state index in [-0.39, 0.29) is 0 Å². The van der Waals surface area contributed by atoms with Crippen LogP contribution in [0.25, 0.3) is 0 Å². The summed E-state index contributed by atoms with van der Waals surface area (Å²) in [6, 6.07) is 10.7. The second-order valence-electron chi connectivity index (χ2n) is 5.86. The molecule has 0 aromatic heterocycles. The first kappa shape index (κ1) is 13.4. The summed E-state index contributed by atoms with van der Waals surface area (Å²) < 4.78 is 0. The Morgan fingerprint density at radius 3 is 2.65 bits per heavy atom. The minimum Gasteiger partial charge on any atom is -0.338 e. The van der Waals surface area contributed by atoms with Crippen LogP contribution in [0.5, 0.6) is 0 Å². The number of hydrogen-bond donors (Lipinski definition) is 2. The minimum atomic E-state index is 0.621. The third kappa shape index (κ3) is 2.80. The summed E-state index contributed by atoms with van der Waals surface area (Å²) in [6.45, 7) is 1.07. The Morgan fingerprint density at radius 2 is 1.85 bits per heavy atom. The van der Waals surface area contributed by atoms with Crippen LogP contribution in [0.4, 0.5) is 5.69 Å². The van der Waals surface area contributed by atoms with E-state index in [0.29, 0.717) is 6.04 Å². The number of nitrogens with zero attached hydrogens (tertiary/aromatic N) is 2. The number of fused-ring (bicyclic) bond motifs is 1. The molecule has 1 aliphatic carbocycles. The van der Waals surface area contributed by atoms with Crippen molar-refractivity contribution in [1.82, 2.24) is 10.3 Å². The number of rotatable bonds is 1. The zero-order chi connectivity index (χ0) is 13.8. The van der Waals surface area contributed by atoms with E-state index in [1.54, 1.807) is 0 Å². The van der Waals surface area contributed by atoms with Crippen molar-refractivity contribution in [1.29, 1.82) is 0 Å². The second kappa shape index (κ2) is 6.27. The van der Waals surface area contributed by atoms with Crippen molar-refractivity contribution in [2.24, 2.45) is 16.8 Å². The fourth-order valence-electron chi connectivity index (χ4n) is 3.69. The molecule has 3 N–H and O–H groups in total. The Labute approximate surface area is 121 Å². The number of aliphatic imine (C=N–C) groups is 1. The largest absolute Gasteiger partial charge is 0.338 e. The Bertz CT molecular complexity index is 455. The molecule has 0 spiro atoms. The van der Waals surface area contributed by atoms with E-state index in [1.165, 1.54) is 38.5 Å². The highest BCUT2D eigenvalue weighted by Gasteiger charge is 2.34. The molecule has 1 aromatic carbocycles. The highest BCUT2D eigenvalue weighted by Crippen LogP contribution is 2.35. The Morgan fingerprint density at radius 1 is 1.10 bits per heavy atom. The van der Waals surface area contributed by atoms with Gasteiger partial charge in [-0.3, -0.25) is 5.43 Å². The van der Waals surface area contributed by atoms with Gasteiger partial charge in [-0.25, -0.2) is 10.8 Å². The van der Waals surface area contributed by atoms with Crippen LogP contribution in [0.15, 0.2) is 35.3 Å². The molecule has 4 heteroatoms. The van der Waals surface area contributed by atoms with Crippen molar-refractivity contribution in [3.63, 3.8) is 0 Å². The lowest BCUT2D eigenvalue weighted by molar-refractivity contribution is 0.116. The van der Waals surface area contributed by atoms with Crippen LogP contribution in [0.2, 0.25) is 0 Å². The second-order valence-corrected chi connectivity index (χ2v) is 5.86. The number of para-hydroxylation sites is 1. The van der Waals surface area contributed by atoms with Crippen molar-refractivity contribution in [2.75, 3.05) is 6.54 Å². The first-order valence-electron chi connectivity index (χ1n) is 7.75. The number of hydrogen-bond acceptors (Lipinski definition) is 2. The summed E-state index contributed by atoms with van der Waals surface area (Å²) in [6.07, 6.45) is 7.97. The van der Waals surface area contributed by atoms with E-state index >= 15 is 0 Å². The van der Waals surface area contributed by atoms with Crippen molar-refractivity contribution in [2.45, 2.75) is 44.6 Å². The van der Waals surface area contributed by atoms with Gasteiger partial charge in [-0.15, -0.1) is 0 Å². The van der Waals surface area contributed by atoms with Gasteiger partial charge in [0.25, 0.3) is 0 Å². The number of nitrogens with one attached hydrogen (secondary N) is 1. The van der Waals surface area contributed by atoms with Gasteiger partial charge < -0.3 is 4.90 Å². The lowest BCUT2D eigenvalue weighted by Crippen LogP contribution is -2.55. The van der Waals surface area contributed by atoms with Crippen LogP contribution in [0.1, 0.15) is 38.5 Å². The summed E-state index contributed by atoms with van der Waals surface area (Å²) in [7, 11) is 0. The smallest absolute Gasteiger partial charge is 0.213 e. The Hall–Kier alpha value is -1.55. The number of likely N-dealkylation sites (tertiary alicyclic amines) is 1. The van der Waals surface area contributed by atoms with E-state index in [0.717, 1.165) is 24.1 Å². The first-order valence-corrected chi connectivity index (χ1v) is 7.75. The highest BCUT2D eigenvalue weighted by atomic mass is 15.4. The molecule has 1 aliphatic heterocycles. The fourth-order valence-corrected chi connectivity index (χ4v) is 3.69. The van der Waals surface area contributed by atoms with Crippen LogP contribution in [0.3, 0.4) is 0 Å². The molecule has 4 nitrogen and oxygen atoms in total. The van der Waals surface area contributed by atoms with Crippen LogP contribution >= 0.6 is 0 Å². The third-order valence-electron chi connectivity index (χ3n) is 4.64. The molecule has 1 saturated carbocycles. The summed E-state index contributed by atoms with van der Waals surface area (Å²) in [5, 5.41) is 0. The van der Waals surface area contributed by atoms with Gasteiger partial charge in [0.2, 0.25) is 5.96 Å². The van der Waals surface area contributed by atoms with Gasteiger partial charge in [0.05, 0.1) is 5.69 Å². The lowest BCUT2D eigenvalue weighted by atomic mass is 9.78. The maximum Gasteiger partial charge on any atom is 0.213 e. The fraction of sp³-hybridized carbons (Fsp3) is 0.562. The monoisotopic (exact) mass is 272 g/mol. The molecule has 0 bridgehead atoms. The predicted molar refractivity (Wildman–Crippen MR) is 82.5 cm³/mol. The minimum absolute atomic E-state index is 0.621. The summed E-state index contributed by atoms with van der Waals surface area (Å²) in [5.41, 5.74) is 3.79. The molecule has 2 unspecified atom stereocenters. The standard InChI is InChI=1S/C16H24N4/c17-19-16(18-14-9-2-1-3-10-14)20-12-6-8-13-7-4-5-11-15(13)20/h1-3,9-10,13,15H,4-8,11-12,17H2,(H,18,19). The Balaban J connectivity index is 1.82. The number of guanidine groups is 1. The first-order chi connectivity index (χ1) is 9.88. The van der Waals surface area contributed by atoms with Crippen LogP contribution < -0.4 is 11.3 Å². The summed E-state index contributed by atoms with van der Waals surface area (Å²) in [5.74, 6) is 7.40. The molecular weight excluding hydrogens is 248 g/mol. The summed E-state index contributed by atoms with van der Waals surface area (Å²) >= 11 is 0. The third-order valence-corrected chi connectivity index (χ3v) is 4.64. The van der Waals surface area contributed by atoms with Crippen molar-refractivity contribution in [3.8, 4) is 0 Å². The number of hydrazine groups is 1. The van der Waals surface area contributed by atoms with Gasteiger partial charge in [0.1, 0.15) is 0 Å². The summed E-state index contributed by atoms with van der Waals surface area (Å²) in [4.78, 5) is 7.10. The van der Waals surface area contributed by atoms with Gasteiger partial charge in [0.15, 0.2) is 0 Å². The van der Waals surface area contributed by atoms with E-state index in [2.05, 4.69) is 10.3 Å². The molecule has 0 radical (unpaired) electrons. The zero-order valence-corrected chi connectivity index (χ0v) is 12.0. The highest BCUT2D eigenvalue weighted by molar-refractivity contribution is 5.82. The van der Waals surface area contributed by atoms with Gasteiger partial charge in [0, 0.05) is 12.6 Å². The molecule has 3 rings (SSSR count). The maximum absolute atomic E-state index is 5.75. The van der Waals surface area contributed by atoms with Crippen molar-refractivity contribution >= 4 is 11.6 Å². The van der Waals surface area contributed by atoms with Crippen molar-refractivity contribution in [3.05, 3.63) is 30.3 Å². The lowest BCUT2D eigenvalue weighted by Gasteiger charge is -2.45. The maximum atomic E-state index is 5.75. The molecule has 20 heavy (non-hydrogen) atoms. The molecule has 108 valence electrons. The topological polar surface area (TPSA) is 53.6 Å². The normalized spacial score (nSPS) is 27.1. The predicted octanol–water partition coefficient (Wildman–Crippen LogP) is 2.79. The van der Waals surface area contributed by atoms with E-state index in [9.17, 15) is 0 Å². The molecule has 1 saturated heterocycles. The van der Waals surface area contributed by atoms with Gasteiger partial charge in [-0.2, -0.15) is 0 Å². The average molecular weight is 272 g/mol. The SMILES string of the molecule is NNC(=Nc1ccccc1)N1CCCC2CCCCC21. The zero-order valence-electron chi connectivity index (χ0n) is 12.0. The van der Waals surface area contributed by atoms with Gasteiger partial charge in [-0.05, 0) is 43.7 Å². The molecular formula is C16H24N4. The van der Waals surface area contributed by atoms with Gasteiger partial charge >= 0.3 is 0 Å². The number of piperidine rings is 1. The molecule has 2 fully saturated rings. The van der Waals surface area contributed by atoms with Crippen LogP contribution in [-0.2, 0) is 0 Å². The van der Waals surface area contributed by atoms with Gasteiger partial charge in [-0.1, -0.05) is 31.0 Å². The van der Waals surface area contributed by atoms with Crippen LogP contribution in [-0.4, -0.2) is 23.4 Å². The molecule has 0 amide bonds. The van der Waals surface area contributed by atoms with Crippen molar-refractivity contribution < 1.29 is 0 Å². The Kier molecular flexibility index (Phi) is 4.21. The number of benzene rings is 1. The molecule has 2 atom stereocenters.